The molecule has 0 bridgehead atoms. The van der Waals surface area contributed by atoms with Crippen molar-refractivity contribution < 1.29 is 59.8 Å². The molecule has 0 aromatic heterocycles. The zero-order chi connectivity index (χ0) is 11.5. The van der Waals surface area contributed by atoms with Crippen molar-refractivity contribution in [3.05, 3.63) is 59.7 Å². The number of rotatable bonds is 0. The number of hydrogen-bond acceptors (Lipinski definition) is 0. The fourth-order valence-electron chi connectivity index (χ4n) is 0.940. The van der Waals surface area contributed by atoms with Gasteiger partial charge in [-0.2, -0.15) is 35.4 Å². The molecule has 0 fully saturated rings. The second kappa shape index (κ2) is 20.1. The molecule has 0 saturated heterocycles. The van der Waals surface area contributed by atoms with Crippen LogP contribution in [0.15, 0.2) is 48.5 Å². The summed E-state index contributed by atoms with van der Waals surface area (Å²) in [5.74, 6) is 0. The summed E-state index contributed by atoms with van der Waals surface area (Å²) >= 11 is 0. The van der Waals surface area contributed by atoms with Crippen LogP contribution < -0.4 is 34.0 Å². The van der Waals surface area contributed by atoms with Gasteiger partial charge in [0.25, 0.3) is 0 Å². The van der Waals surface area contributed by atoms with E-state index in [0.717, 1.165) is 9.52 Å². The smallest absolute Gasteiger partial charge is 1.00 e. The Labute approximate surface area is 154 Å². The van der Waals surface area contributed by atoms with Gasteiger partial charge >= 0.3 is 25.8 Å². The molecule has 0 aliphatic carbocycles. The molecule has 2 aromatic rings. The number of halogens is 2. The van der Waals surface area contributed by atoms with Crippen LogP contribution in [0.2, 0.25) is 13.1 Å². The van der Waals surface area contributed by atoms with Crippen LogP contribution in [-0.4, -0.2) is 9.52 Å². The normalized spacial score (nSPS) is 6.89. The van der Waals surface area contributed by atoms with Crippen LogP contribution in [-0.2, 0) is 25.8 Å². The van der Waals surface area contributed by atoms with Gasteiger partial charge in [0.2, 0.25) is 0 Å². The molecule has 0 N–H and O–H groups in total. The molecule has 4 heteroatoms. The third-order valence-electron chi connectivity index (χ3n) is 1.66. The third-order valence-corrected chi connectivity index (χ3v) is 1.66. The van der Waals surface area contributed by atoms with Gasteiger partial charge in [-0.3, -0.25) is 0 Å². The molecular formula is C14H21Br2HfSi. The second-order valence-electron chi connectivity index (χ2n) is 3.50. The molecular weight excluding hydrogens is 535 g/mol. The zero-order valence-electron chi connectivity index (χ0n) is 11.5. The molecule has 0 atom stereocenters. The molecule has 0 aliphatic rings. The first-order valence-corrected chi connectivity index (χ1v) is 7.62. The summed E-state index contributed by atoms with van der Waals surface area (Å²) in [6.07, 6.45) is 0. The summed E-state index contributed by atoms with van der Waals surface area (Å²) in [6, 6.07) is 16.5. The van der Waals surface area contributed by atoms with Crippen LogP contribution in [0.3, 0.4) is 0 Å². The fraction of sp³-hybridized carbons (Fsp3) is 0.286. The molecule has 0 amide bonds. The Bertz CT molecular complexity index is 272. The van der Waals surface area contributed by atoms with Crippen molar-refractivity contribution in [3.63, 3.8) is 0 Å². The Morgan fingerprint density at radius 2 is 0.833 bits per heavy atom. The van der Waals surface area contributed by atoms with E-state index < -0.39 is 0 Å². The molecule has 0 saturated carbocycles. The predicted molar refractivity (Wildman–Crippen MR) is 72.4 cm³/mol. The van der Waals surface area contributed by atoms with Gasteiger partial charge in [-0.15, -0.1) is 0 Å². The van der Waals surface area contributed by atoms with Crippen LogP contribution >= 0.6 is 0 Å². The molecule has 0 unspecified atom stereocenters. The van der Waals surface area contributed by atoms with Crippen molar-refractivity contribution in [2.24, 2.45) is 0 Å². The zero-order valence-corrected chi connectivity index (χ0v) is 19.4. The van der Waals surface area contributed by atoms with Gasteiger partial charge in [0.05, 0.1) is 0 Å². The van der Waals surface area contributed by atoms with Crippen LogP contribution in [0.4, 0.5) is 0 Å². The van der Waals surface area contributed by atoms with E-state index in [1.165, 1.54) is 11.1 Å². The van der Waals surface area contributed by atoms with E-state index in [-0.39, 0.29) is 59.8 Å². The van der Waals surface area contributed by atoms with Gasteiger partial charge in [-0.05, 0) is 0 Å². The minimum atomic E-state index is 0. The van der Waals surface area contributed by atoms with Crippen LogP contribution in [0.5, 0.6) is 0 Å². The van der Waals surface area contributed by atoms with E-state index in [4.69, 9.17) is 0 Å². The number of aryl methyl sites for hydroxylation is 2. The molecule has 2 rings (SSSR count). The van der Waals surface area contributed by atoms with E-state index in [1.807, 2.05) is 24.3 Å². The first kappa shape index (κ1) is 27.2. The fourth-order valence-corrected chi connectivity index (χ4v) is 0.940. The Balaban J connectivity index is -0.0000000793. The van der Waals surface area contributed by atoms with E-state index in [2.05, 4.69) is 51.2 Å². The van der Waals surface area contributed by atoms with Gasteiger partial charge in [0, 0.05) is 9.52 Å². The summed E-state index contributed by atoms with van der Waals surface area (Å²) in [7, 11) is 0.750. The first-order chi connectivity index (χ1) is 7.20. The summed E-state index contributed by atoms with van der Waals surface area (Å²) in [5.41, 5.74) is 2.69. The van der Waals surface area contributed by atoms with Crippen LogP contribution in [0, 0.1) is 13.8 Å². The van der Waals surface area contributed by atoms with E-state index in [0.29, 0.717) is 0 Å². The molecule has 0 heterocycles. The Hall–Kier alpha value is 0.747. The van der Waals surface area contributed by atoms with Gasteiger partial charge in [0.15, 0.2) is 0 Å². The summed E-state index contributed by atoms with van der Waals surface area (Å²) in [5, 5.41) is 0. The van der Waals surface area contributed by atoms with Crippen LogP contribution in [0.25, 0.3) is 0 Å². The third kappa shape index (κ3) is 19.1. The van der Waals surface area contributed by atoms with Crippen molar-refractivity contribution in [2.75, 3.05) is 0 Å². The maximum atomic E-state index is 2.21. The monoisotopic (exact) mass is 555 g/mol. The Morgan fingerprint density at radius 1 is 0.667 bits per heavy atom. The van der Waals surface area contributed by atoms with Gasteiger partial charge < -0.3 is 34.0 Å². The minimum Gasteiger partial charge on any atom is -1.00 e. The Kier molecular flexibility index (Phi) is 30.3. The van der Waals surface area contributed by atoms with Crippen molar-refractivity contribution in [1.82, 2.24) is 0 Å². The molecule has 0 aliphatic heterocycles. The SMILES string of the molecule is C[SiH]C.C[c-]1cccc1.C[c-]1cccc1.[Br-].[Br-].[Hf+4]. The largest absolute Gasteiger partial charge is 4.00 e. The average molecular weight is 556 g/mol. The van der Waals surface area contributed by atoms with Crippen molar-refractivity contribution >= 4 is 9.52 Å². The summed E-state index contributed by atoms with van der Waals surface area (Å²) in [4.78, 5) is 0. The molecule has 0 spiro atoms. The van der Waals surface area contributed by atoms with Gasteiger partial charge in [-0.25, -0.2) is 24.3 Å². The standard InChI is InChI=1S/2C6H7.C2H7Si.2BrH.Hf/c2*1-6-4-2-3-5-6;1-3-2;;;/h2*2-5H,1H3;3H,1-2H3;2*1H;/q2*-1;;;;+4/p-2. The van der Waals surface area contributed by atoms with E-state index in [1.54, 1.807) is 0 Å². The molecule has 99 valence electrons. The van der Waals surface area contributed by atoms with Crippen molar-refractivity contribution in [1.29, 1.82) is 0 Å². The van der Waals surface area contributed by atoms with Gasteiger partial charge in [0.1, 0.15) is 0 Å². The van der Waals surface area contributed by atoms with Gasteiger partial charge in [-0.1, -0.05) is 26.9 Å². The Morgan fingerprint density at radius 3 is 0.889 bits per heavy atom. The maximum absolute atomic E-state index is 2.21. The maximum Gasteiger partial charge on any atom is 4.00 e. The molecule has 2 aromatic carbocycles. The number of hydrogen-bond donors (Lipinski definition) is 0. The minimum absolute atomic E-state index is 0. The van der Waals surface area contributed by atoms with Crippen LogP contribution in [0.1, 0.15) is 11.1 Å². The average Bonchev–Trinajstić information content (AvgIpc) is 2.81. The van der Waals surface area contributed by atoms with Crippen molar-refractivity contribution in [2.45, 2.75) is 26.9 Å². The second-order valence-corrected chi connectivity index (χ2v) is 4.66. The van der Waals surface area contributed by atoms with E-state index >= 15 is 0 Å². The summed E-state index contributed by atoms with van der Waals surface area (Å²) < 4.78 is 0. The molecule has 0 nitrogen and oxygen atoms in total. The molecule has 18 heavy (non-hydrogen) atoms. The quantitative estimate of drug-likeness (QED) is 0.260. The molecule has 1 radical (unpaired) electrons. The first-order valence-electron chi connectivity index (χ1n) is 5.31. The van der Waals surface area contributed by atoms with Crippen molar-refractivity contribution in [3.8, 4) is 0 Å². The topological polar surface area (TPSA) is 0 Å². The summed E-state index contributed by atoms with van der Waals surface area (Å²) in [6.45, 7) is 8.58. The predicted octanol–water partition coefficient (Wildman–Crippen LogP) is -2.05. The van der Waals surface area contributed by atoms with E-state index in [9.17, 15) is 0 Å².